The van der Waals surface area contributed by atoms with Gasteiger partial charge in [-0.2, -0.15) is 0 Å². The molecule has 35 heavy (non-hydrogen) atoms. The van der Waals surface area contributed by atoms with Crippen molar-refractivity contribution in [1.29, 1.82) is 5.41 Å². The smallest absolute Gasteiger partial charge is 0.414 e. The van der Waals surface area contributed by atoms with E-state index in [1.807, 2.05) is 36.4 Å². The molecule has 9 heteroatoms. The zero-order valence-corrected chi connectivity index (χ0v) is 19.7. The van der Waals surface area contributed by atoms with Crippen molar-refractivity contribution >= 4 is 35.2 Å². The fourth-order valence-electron chi connectivity index (χ4n) is 3.79. The van der Waals surface area contributed by atoms with E-state index in [1.165, 1.54) is 24.0 Å². The van der Waals surface area contributed by atoms with Crippen LogP contribution in [0.15, 0.2) is 66.7 Å². The number of ether oxygens (including phenoxy) is 3. The average molecular weight is 494 g/mol. The van der Waals surface area contributed by atoms with Crippen molar-refractivity contribution in [3.63, 3.8) is 0 Å². The van der Waals surface area contributed by atoms with E-state index in [0.717, 1.165) is 11.1 Å². The summed E-state index contributed by atoms with van der Waals surface area (Å²) >= 11 is 6.21. The van der Waals surface area contributed by atoms with E-state index in [1.54, 1.807) is 18.2 Å². The molecule has 1 aliphatic heterocycles. The van der Waals surface area contributed by atoms with Crippen LogP contribution < -0.4 is 20.1 Å². The number of hydrogen-bond acceptors (Lipinski definition) is 6. The second kappa shape index (κ2) is 10.5. The van der Waals surface area contributed by atoms with Crippen LogP contribution in [-0.4, -0.2) is 37.2 Å². The van der Waals surface area contributed by atoms with E-state index in [0.29, 0.717) is 22.9 Å². The monoisotopic (exact) mass is 493 g/mol. The van der Waals surface area contributed by atoms with Crippen LogP contribution in [0.4, 0.5) is 10.5 Å². The van der Waals surface area contributed by atoms with Crippen molar-refractivity contribution in [2.75, 3.05) is 18.1 Å². The van der Waals surface area contributed by atoms with Crippen LogP contribution in [0.25, 0.3) is 0 Å². The topological polar surface area (TPSA) is 115 Å². The van der Waals surface area contributed by atoms with E-state index in [9.17, 15) is 9.59 Å². The minimum atomic E-state index is -0.561. The molecule has 0 saturated carbocycles. The summed E-state index contributed by atoms with van der Waals surface area (Å²) < 4.78 is 16.7. The molecule has 3 aromatic rings. The highest BCUT2D eigenvalue weighted by Crippen LogP contribution is 2.30. The van der Waals surface area contributed by atoms with Gasteiger partial charge in [-0.1, -0.05) is 41.9 Å². The fourth-order valence-corrected chi connectivity index (χ4v) is 3.98. The number of benzene rings is 3. The number of nitrogens with two attached hydrogens (primary N) is 1. The average Bonchev–Trinajstić information content (AvgIpc) is 3.19. The molecule has 1 aliphatic rings. The van der Waals surface area contributed by atoms with Crippen LogP contribution in [0.2, 0.25) is 5.02 Å². The maximum atomic E-state index is 12.6. The predicted molar refractivity (Wildman–Crippen MR) is 133 cm³/mol. The molecule has 1 saturated heterocycles. The van der Waals surface area contributed by atoms with Gasteiger partial charge in [0.2, 0.25) is 0 Å². The summed E-state index contributed by atoms with van der Waals surface area (Å²) in [7, 11) is 0. The Labute approximate surface area is 207 Å². The molecule has 4 rings (SSSR count). The standard InChI is InChI=1S/C26H24ClN3O5/c1-16(31)34-24-13-20(8-9-22(24)25(28)29)30-14-21(35-26(30)32)15-33-23-10-7-19(27)12-18(23)11-17-5-3-2-4-6-17/h2-10,12-13,21H,11,14-15H2,1H3,(H3,28,29). The number of amidine groups is 1. The van der Waals surface area contributed by atoms with Crippen LogP contribution in [0.5, 0.6) is 11.5 Å². The molecule has 3 aromatic carbocycles. The lowest BCUT2D eigenvalue weighted by Gasteiger charge is -2.16. The van der Waals surface area contributed by atoms with Gasteiger partial charge in [-0.3, -0.25) is 15.1 Å². The van der Waals surface area contributed by atoms with Crippen LogP contribution in [-0.2, 0) is 16.0 Å². The molecule has 1 amide bonds. The highest BCUT2D eigenvalue weighted by molar-refractivity contribution is 6.30. The zero-order chi connectivity index (χ0) is 24.9. The van der Waals surface area contributed by atoms with Crippen molar-refractivity contribution in [1.82, 2.24) is 0 Å². The normalized spacial score (nSPS) is 15.0. The number of nitrogens with zero attached hydrogens (tertiary/aromatic N) is 1. The molecular formula is C26H24ClN3O5. The van der Waals surface area contributed by atoms with Gasteiger partial charge in [-0.25, -0.2) is 4.79 Å². The first kappa shape index (κ1) is 24.1. The highest BCUT2D eigenvalue weighted by atomic mass is 35.5. The molecule has 0 radical (unpaired) electrons. The summed E-state index contributed by atoms with van der Waals surface area (Å²) in [5, 5.41) is 8.28. The number of cyclic esters (lactones) is 1. The fraction of sp³-hybridized carbons (Fsp3) is 0.192. The molecule has 1 fully saturated rings. The van der Waals surface area contributed by atoms with Crippen molar-refractivity contribution in [3.05, 3.63) is 88.4 Å². The Morgan fingerprint density at radius 1 is 1.14 bits per heavy atom. The van der Waals surface area contributed by atoms with Crippen LogP contribution in [0, 0.1) is 5.41 Å². The Bertz CT molecular complexity index is 1270. The van der Waals surface area contributed by atoms with E-state index >= 15 is 0 Å². The van der Waals surface area contributed by atoms with Gasteiger partial charge in [-0.15, -0.1) is 0 Å². The van der Waals surface area contributed by atoms with Crippen molar-refractivity contribution in [2.45, 2.75) is 19.4 Å². The number of rotatable bonds is 8. The first-order chi connectivity index (χ1) is 16.8. The van der Waals surface area contributed by atoms with Gasteiger partial charge < -0.3 is 19.9 Å². The molecule has 180 valence electrons. The third-order valence-electron chi connectivity index (χ3n) is 5.38. The number of nitrogens with one attached hydrogen (secondary N) is 1. The number of carbonyl (C=O) groups excluding carboxylic acids is 2. The van der Waals surface area contributed by atoms with Gasteiger partial charge in [0.25, 0.3) is 0 Å². The molecular weight excluding hydrogens is 470 g/mol. The van der Waals surface area contributed by atoms with Crippen LogP contribution >= 0.6 is 11.6 Å². The van der Waals surface area contributed by atoms with Crippen LogP contribution in [0.1, 0.15) is 23.6 Å². The number of esters is 1. The molecule has 0 spiro atoms. The molecule has 3 N–H and O–H groups in total. The first-order valence-electron chi connectivity index (χ1n) is 10.9. The molecule has 1 heterocycles. The number of hydrogen-bond donors (Lipinski definition) is 2. The molecule has 1 unspecified atom stereocenters. The lowest BCUT2D eigenvalue weighted by Crippen LogP contribution is -2.27. The predicted octanol–water partition coefficient (Wildman–Crippen LogP) is 4.54. The zero-order valence-electron chi connectivity index (χ0n) is 19.0. The summed E-state index contributed by atoms with van der Waals surface area (Å²) in [4.78, 5) is 25.4. The summed E-state index contributed by atoms with van der Waals surface area (Å²) in [5.74, 6) is -0.0519. The lowest BCUT2D eigenvalue weighted by atomic mass is 10.0. The summed E-state index contributed by atoms with van der Waals surface area (Å²) in [5.41, 5.74) is 8.33. The van der Waals surface area contributed by atoms with Gasteiger partial charge in [-0.05, 0) is 41.5 Å². The van der Waals surface area contributed by atoms with Crippen molar-refractivity contribution in [3.8, 4) is 11.5 Å². The second-order valence-electron chi connectivity index (χ2n) is 8.03. The van der Waals surface area contributed by atoms with Gasteiger partial charge in [0.1, 0.15) is 23.9 Å². The number of nitrogen functional groups attached to an aromatic ring is 1. The van der Waals surface area contributed by atoms with Crippen molar-refractivity contribution in [2.24, 2.45) is 5.73 Å². The Balaban J connectivity index is 1.46. The maximum absolute atomic E-state index is 12.6. The lowest BCUT2D eigenvalue weighted by molar-refractivity contribution is -0.131. The first-order valence-corrected chi connectivity index (χ1v) is 11.3. The largest absolute Gasteiger partial charge is 0.489 e. The Hall–Kier alpha value is -4.04. The third kappa shape index (κ3) is 5.91. The third-order valence-corrected chi connectivity index (χ3v) is 5.61. The molecule has 8 nitrogen and oxygen atoms in total. The van der Waals surface area contributed by atoms with E-state index in [4.69, 9.17) is 37.0 Å². The summed E-state index contributed by atoms with van der Waals surface area (Å²) in [6.45, 7) is 1.63. The Morgan fingerprint density at radius 2 is 1.91 bits per heavy atom. The van der Waals surface area contributed by atoms with E-state index in [2.05, 4.69) is 0 Å². The quantitative estimate of drug-likeness (QED) is 0.206. The summed E-state index contributed by atoms with van der Waals surface area (Å²) in [6.07, 6.45) is -0.426. The Kier molecular flexibility index (Phi) is 7.22. The highest BCUT2D eigenvalue weighted by Gasteiger charge is 2.33. The number of anilines is 1. The maximum Gasteiger partial charge on any atom is 0.414 e. The molecule has 0 aliphatic carbocycles. The van der Waals surface area contributed by atoms with E-state index < -0.39 is 18.2 Å². The van der Waals surface area contributed by atoms with Crippen LogP contribution in [0.3, 0.4) is 0 Å². The van der Waals surface area contributed by atoms with Gasteiger partial charge in [0, 0.05) is 24.4 Å². The summed E-state index contributed by atoms with van der Waals surface area (Å²) in [6, 6.07) is 20.0. The Morgan fingerprint density at radius 3 is 2.63 bits per heavy atom. The van der Waals surface area contributed by atoms with Gasteiger partial charge in [0.15, 0.2) is 6.10 Å². The minimum absolute atomic E-state index is 0.0988. The second-order valence-corrected chi connectivity index (χ2v) is 8.47. The van der Waals surface area contributed by atoms with Crippen molar-refractivity contribution < 1.29 is 23.8 Å². The SMILES string of the molecule is CC(=O)Oc1cc(N2CC(COc3ccc(Cl)cc3Cc3ccccc3)OC2=O)ccc1C(=N)N. The minimum Gasteiger partial charge on any atom is -0.489 e. The molecule has 1 atom stereocenters. The van der Waals surface area contributed by atoms with Gasteiger partial charge >= 0.3 is 12.1 Å². The number of halogens is 1. The number of carbonyl (C=O) groups is 2. The number of amides is 1. The molecule has 0 aromatic heterocycles. The van der Waals surface area contributed by atoms with E-state index in [-0.39, 0.29) is 30.3 Å². The molecule has 0 bridgehead atoms. The van der Waals surface area contributed by atoms with Gasteiger partial charge in [0.05, 0.1) is 17.8 Å².